The third-order valence-electron chi connectivity index (χ3n) is 6.47. The van der Waals surface area contributed by atoms with E-state index in [0.29, 0.717) is 24.3 Å². The van der Waals surface area contributed by atoms with Gasteiger partial charge in [0.15, 0.2) is 5.65 Å². The fourth-order valence-corrected chi connectivity index (χ4v) is 4.88. The Hall–Kier alpha value is -2.74. The van der Waals surface area contributed by atoms with Gasteiger partial charge in [-0.25, -0.2) is 14.5 Å². The number of rotatable bonds is 1. The summed E-state index contributed by atoms with van der Waals surface area (Å²) < 4.78 is 1.75. The van der Waals surface area contributed by atoms with Gasteiger partial charge in [0.2, 0.25) is 0 Å². The van der Waals surface area contributed by atoms with Crippen molar-refractivity contribution in [3.63, 3.8) is 0 Å². The van der Waals surface area contributed by atoms with E-state index < -0.39 is 0 Å². The number of aromatic amines is 1. The Kier molecular flexibility index (Phi) is 3.80. The average Bonchev–Trinajstić information content (AvgIpc) is 3.32. The Balaban J connectivity index is 1.42. The molecule has 3 aromatic rings. The highest BCUT2D eigenvalue weighted by atomic mass is 16.2. The quantitative estimate of drug-likeness (QED) is 0.696. The molecule has 0 bridgehead atoms. The second-order valence-electron chi connectivity index (χ2n) is 8.06. The minimum atomic E-state index is -0.0725. The fraction of sp³-hybridized carbons (Fsp3) is 0.500. The predicted molar refractivity (Wildman–Crippen MR) is 104 cm³/mol. The normalized spacial score (nSPS) is 19.3. The first-order valence-corrected chi connectivity index (χ1v) is 9.85. The van der Waals surface area contributed by atoms with Crippen LogP contribution in [-0.2, 0) is 12.0 Å². The highest BCUT2D eigenvalue weighted by molar-refractivity contribution is 5.99. The molecule has 8 nitrogen and oxygen atoms in total. The van der Waals surface area contributed by atoms with Gasteiger partial charge >= 0.3 is 0 Å². The van der Waals surface area contributed by atoms with Gasteiger partial charge in [0.1, 0.15) is 5.56 Å². The molecule has 0 radical (unpaired) electrons. The lowest BCUT2D eigenvalue weighted by molar-refractivity contribution is 0.0226. The lowest BCUT2D eigenvalue weighted by Gasteiger charge is -2.49. The monoisotopic (exact) mass is 379 g/mol. The molecule has 146 valence electrons. The average molecular weight is 379 g/mol. The highest BCUT2D eigenvalue weighted by Crippen LogP contribution is 2.41. The molecule has 1 fully saturated rings. The minimum absolute atomic E-state index is 0.0167. The first-order valence-electron chi connectivity index (χ1n) is 9.85. The maximum atomic E-state index is 13.2. The predicted octanol–water partition coefficient (Wildman–Crippen LogP) is 1.69. The van der Waals surface area contributed by atoms with Crippen molar-refractivity contribution < 1.29 is 4.79 Å². The number of nitrogens with one attached hydrogen (secondary N) is 1. The Labute approximate surface area is 163 Å². The van der Waals surface area contributed by atoms with E-state index in [9.17, 15) is 4.79 Å². The van der Waals surface area contributed by atoms with E-state index in [1.165, 1.54) is 5.69 Å². The molecule has 8 heteroatoms. The summed E-state index contributed by atoms with van der Waals surface area (Å²) in [6.07, 6.45) is 6.23. The van der Waals surface area contributed by atoms with Gasteiger partial charge < -0.3 is 9.88 Å². The summed E-state index contributed by atoms with van der Waals surface area (Å²) in [5.41, 5.74) is 5.44. The van der Waals surface area contributed by atoms with E-state index in [2.05, 4.69) is 32.0 Å². The van der Waals surface area contributed by atoms with Crippen molar-refractivity contribution in [2.45, 2.75) is 38.6 Å². The van der Waals surface area contributed by atoms with Crippen LogP contribution in [0, 0.1) is 13.8 Å². The molecular formula is C20H25N7O. The Morgan fingerprint density at radius 2 is 2.00 bits per heavy atom. The SMILES string of the molecule is Cc1cc(C)n2ncc(C(=O)N3CCC4(CC3)c3nc[nH]c3CCN4C)c2n1. The molecule has 3 aromatic heterocycles. The Bertz CT molecular complexity index is 1060. The lowest BCUT2D eigenvalue weighted by Crippen LogP contribution is -2.55. The molecular weight excluding hydrogens is 354 g/mol. The van der Waals surface area contributed by atoms with Crippen LogP contribution in [0.5, 0.6) is 0 Å². The van der Waals surface area contributed by atoms with E-state index in [4.69, 9.17) is 0 Å². The van der Waals surface area contributed by atoms with Crippen LogP contribution in [0.1, 0.15) is 46.0 Å². The van der Waals surface area contributed by atoms with Gasteiger partial charge in [-0.15, -0.1) is 0 Å². The molecule has 0 atom stereocenters. The summed E-state index contributed by atoms with van der Waals surface area (Å²) in [5.74, 6) is 0.0167. The van der Waals surface area contributed by atoms with Crippen LogP contribution in [-0.4, -0.2) is 67.0 Å². The molecule has 28 heavy (non-hydrogen) atoms. The molecule has 1 spiro atoms. The second-order valence-corrected chi connectivity index (χ2v) is 8.06. The topological polar surface area (TPSA) is 82.4 Å². The van der Waals surface area contributed by atoms with Crippen LogP contribution >= 0.6 is 0 Å². The summed E-state index contributed by atoms with van der Waals surface area (Å²) in [6, 6.07) is 1.97. The number of piperidine rings is 1. The molecule has 0 saturated carbocycles. The smallest absolute Gasteiger partial charge is 0.259 e. The van der Waals surface area contributed by atoms with Gasteiger partial charge in [-0.05, 0) is 39.8 Å². The van der Waals surface area contributed by atoms with Crippen LogP contribution < -0.4 is 0 Å². The molecule has 2 aliphatic rings. The number of imidazole rings is 1. The van der Waals surface area contributed by atoms with Crippen LogP contribution in [0.15, 0.2) is 18.6 Å². The molecule has 0 aliphatic carbocycles. The van der Waals surface area contributed by atoms with Crippen molar-refractivity contribution in [1.29, 1.82) is 0 Å². The number of carbonyl (C=O) groups excluding carboxylic acids is 1. The first-order chi connectivity index (χ1) is 13.5. The highest BCUT2D eigenvalue weighted by Gasteiger charge is 2.45. The number of carbonyl (C=O) groups is 1. The van der Waals surface area contributed by atoms with Gasteiger partial charge in [0.25, 0.3) is 5.91 Å². The number of hydrogen-bond acceptors (Lipinski definition) is 5. The van der Waals surface area contributed by atoms with Crippen molar-refractivity contribution in [2.75, 3.05) is 26.7 Å². The zero-order chi connectivity index (χ0) is 19.5. The molecule has 5 heterocycles. The molecule has 1 amide bonds. The van der Waals surface area contributed by atoms with E-state index in [1.807, 2.05) is 24.8 Å². The molecule has 2 aliphatic heterocycles. The van der Waals surface area contributed by atoms with Crippen LogP contribution in [0.2, 0.25) is 0 Å². The van der Waals surface area contributed by atoms with Gasteiger partial charge in [-0.3, -0.25) is 9.69 Å². The van der Waals surface area contributed by atoms with Crippen LogP contribution in [0.3, 0.4) is 0 Å². The lowest BCUT2D eigenvalue weighted by atomic mass is 9.79. The molecule has 0 unspecified atom stereocenters. The van der Waals surface area contributed by atoms with Gasteiger partial charge in [0, 0.05) is 43.1 Å². The molecule has 1 saturated heterocycles. The van der Waals surface area contributed by atoms with E-state index in [1.54, 1.807) is 17.0 Å². The summed E-state index contributed by atoms with van der Waals surface area (Å²) >= 11 is 0. The van der Waals surface area contributed by atoms with Crippen LogP contribution in [0.4, 0.5) is 0 Å². The minimum Gasteiger partial charge on any atom is -0.348 e. The number of amides is 1. The van der Waals surface area contributed by atoms with Gasteiger partial charge in [0.05, 0.1) is 23.8 Å². The number of H-pyrrole nitrogens is 1. The first kappa shape index (κ1) is 17.4. The maximum Gasteiger partial charge on any atom is 0.259 e. The number of aryl methyl sites for hydroxylation is 2. The number of fused-ring (bicyclic) bond motifs is 3. The Morgan fingerprint density at radius 1 is 1.21 bits per heavy atom. The molecule has 1 N–H and O–H groups in total. The van der Waals surface area contributed by atoms with Crippen LogP contribution in [0.25, 0.3) is 5.65 Å². The van der Waals surface area contributed by atoms with Crippen molar-refractivity contribution in [1.82, 2.24) is 34.4 Å². The zero-order valence-corrected chi connectivity index (χ0v) is 16.6. The van der Waals surface area contributed by atoms with Crippen molar-refractivity contribution in [3.8, 4) is 0 Å². The molecule has 5 rings (SSSR count). The van der Waals surface area contributed by atoms with E-state index in [0.717, 1.165) is 42.9 Å². The number of likely N-dealkylation sites (N-methyl/N-ethyl adjacent to an activating group) is 1. The number of hydrogen-bond donors (Lipinski definition) is 1. The Morgan fingerprint density at radius 3 is 2.79 bits per heavy atom. The van der Waals surface area contributed by atoms with Gasteiger partial charge in [-0.1, -0.05) is 0 Å². The fourth-order valence-electron chi connectivity index (χ4n) is 4.88. The summed E-state index contributed by atoms with van der Waals surface area (Å²) in [5, 5.41) is 4.38. The number of nitrogens with zero attached hydrogens (tertiary/aromatic N) is 6. The standard InChI is InChI=1S/C20H25N7O/c1-13-10-14(2)27-18(24-13)15(11-23-27)19(28)26-8-5-20(6-9-26)17-16(21-12-22-17)4-7-25(20)3/h10-12H,4-9H2,1-3H3,(H,21,22). The molecule has 0 aromatic carbocycles. The second kappa shape index (κ2) is 6.13. The summed E-state index contributed by atoms with van der Waals surface area (Å²) in [4.78, 5) is 30.1. The van der Waals surface area contributed by atoms with Crippen molar-refractivity contribution in [2.24, 2.45) is 0 Å². The third-order valence-corrected chi connectivity index (χ3v) is 6.47. The van der Waals surface area contributed by atoms with Crippen molar-refractivity contribution in [3.05, 3.63) is 46.9 Å². The number of aromatic nitrogens is 5. The van der Waals surface area contributed by atoms with E-state index in [-0.39, 0.29) is 11.4 Å². The zero-order valence-electron chi connectivity index (χ0n) is 16.6. The maximum absolute atomic E-state index is 13.2. The largest absolute Gasteiger partial charge is 0.348 e. The van der Waals surface area contributed by atoms with E-state index >= 15 is 0 Å². The van der Waals surface area contributed by atoms with Crippen molar-refractivity contribution >= 4 is 11.6 Å². The third kappa shape index (κ3) is 2.40. The summed E-state index contributed by atoms with van der Waals surface area (Å²) in [7, 11) is 2.18. The summed E-state index contributed by atoms with van der Waals surface area (Å²) in [6.45, 7) is 6.35. The number of likely N-dealkylation sites (tertiary alicyclic amines) is 1. The van der Waals surface area contributed by atoms with Gasteiger partial charge in [-0.2, -0.15) is 5.10 Å².